The number of esters is 1. The molecule has 1 heterocycles. The van der Waals surface area contributed by atoms with E-state index in [1.54, 1.807) is 42.9 Å². The summed E-state index contributed by atoms with van der Waals surface area (Å²) in [6, 6.07) is 12.2. The molecule has 0 aliphatic rings. The molecule has 9 heteroatoms. The zero-order valence-electron chi connectivity index (χ0n) is 17.8. The van der Waals surface area contributed by atoms with E-state index in [1.807, 2.05) is 37.3 Å². The number of pyridine rings is 1. The summed E-state index contributed by atoms with van der Waals surface area (Å²) in [5.74, 6) is -0.881. The van der Waals surface area contributed by atoms with Crippen LogP contribution in [0, 0.1) is 0 Å². The molecular weight excluding hydrogens is 422 g/mol. The van der Waals surface area contributed by atoms with E-state index in [4.69, 9.17) is 9.47 Å². The van der Waals surface area contributed by atoms with Crippen LogP contribution in [0.2, 0.25) is 0 Å². The second kappa shape index (κ2) is 13.2. The summed E-state index contributed by atoms with van der Waals surface area (Å²) in [6.45, 7) is 5.43. The molecule has 0 bridgehead atoms. The van der Waals surface area contributed by atoms with E-state index >= 15 is 0 Å². The Bertz CT molecular complexity index is 846. The number of rotatable bonds is 9. The number of benzene rings is 1. The first-order valence-corrected chi connectivity index (χ1v) is 9.82. The van der Waals surface area contributed by atoms with Gasteiger partial charge in [0.05, 0.1) is 12.2 Å². The lowest BCUT2D eigenvalue weighted by molar-refractivity contribution is -0.727. The number of carbonyl (C=O) groups excluding carboxylic acids is 3. The number of amides is 2. The van der Waals surface area contributed by atoms with Crippen molar-refractivity contribution in [3.05, 3.63) is 66.0 Å². The van der Waals surface area contributed by atoms with Gasteiger partial charge in [-0.2, -0.15) is 4.57 Å². The summed E-state index contributed by atoms with van der Waals surface area (Å²) < 4.78 is 11.7. The van der Waals surface area contributed by atoms with E-state index in [0.717, 1.165) is 5.56 Å². The first-order chi connectivity index (χ1) is 14.4. The standard InChI is InChI=1S/C22H27N3O5.ClH/c1-4-29-21(27)17(3)24-20(26)19-10-12-25(13-11-19)15-30-22(28)23-16(2)14-18-8-6-5-7-9-18;/h5-13,16-17H,4,14-15H2,1-3H3,(H-,23,24,26,28);1H/t16-,17-;/m0./s1. The Morgan fingerprint density at radius 1 is 0.968 bits per heavy atom. The number of nitrogens with one attached hydrogen (secondary N) is 2. The fourth-order valence-electron chi connectivity index (χ4n) is 2.70. The second-order valence-electron chi connectivity index (χ2n) is 6.84. The molecule has 168 valence electrons. The highest BCUT2D eigenvalue weighted by molar-refractivity contribution is 5.96. The van der Waals surface area contributed by atoms with E-state index in [2.05, 4.69) is 10.6 Å². The molecule has 0 spiro atoms. The van der Waals surface area contributed by atoms with E-state index in [-0.39, 0.29) is 31.8 Å². The Balaban J connectivity index is 0.00000480. The maximum Gasteiger partial charge on any atom is 0.412 e. The normalized spacial score (nSPS) is 12.0. The Labute approximate surface area is 188 Å². The van der Waals surface area contributed by atoms with E-state index in [0.29, 0.717) is 12.0 Å². The quantitative estimate of drug-likeness (QED) is 0.377. The Kier molecular flexibility index (Phi) is 11.1. The molecule has 2 N–H and O–H groups in total. The first-order valence-electron chi connectivity index (χ1n) is 9.82. The van der Waals surface area contributed by atoms with Crippen molar-refractivity contribution < 1.29 is 40.8 Å². The highest BCUT2D eigenvalue weighted by atomic mass is 35.5. The predicted molar refractivity (Wildman–Crippen MR) is 109 cm³/mol. The minimum absolute atomic E-state index is 0. The average Bonchev–Trinajstić information content (AvgIpc) is 2.73. The lowest BCUT2D eigenvalue weighted by Crippen LogP contribution is -3.00. The monoisotopic (exact) mass is 449 g/mol. The van der Waals surface area contributed by atoms with Crippen molar-refractivity contribution >= 4 is 18.0 Å². The molecule has 0 aliphatic carbocycles. The summed E-state index contributed by atoms with van der Waals surface area (Å²) in [5, 5.41) is 5.36. The highest BCUT2D eigenvalue weighted by Crippen LogP contribution is 2.03. The molecule has 31 heavy (non-hydrogen) atoms. The van der Waals surface area contributed by atoms with Crippen molar-refractivity contribution in [2.75, 3.05) is 6.61 Å². The van der Waals surface area contributed by atoms with Crippen LogP contribution in [0.1, 0.15) is 36.7 Å². The van der Waals surface area contributed by atoms with E-state index in [1.165, 1.54) is 0 Å². The molecular formula is C22H28ClN3O5. The van der Waals surface area contributed by atoms with Gasteiger partial charge in [0.1, 0.15) is 6.04 Å². The van der Waals surface area contributed by atoms with Crippen molar-refractivity contribution in [1.29, 1.82) is 0 Å². The molecule has 2 aromatic rings. The number of halogens is 1. The van der Waals surface area contributed by atoms with Crippen LogP contribution in [-0.4, -0.2) is 36.7 Å². The zero-order chi connectivity index (χ0) is 21.9. The molecule has 0 saturated carbocycles. The summed E-state index contributed by atoms with van der Waals surface area (Å²) >= 11 is 0. The molecule has 2 amide bonds. The summed E-state index contributed by atoms with van der Waals surface area (Å²) in [7, 11) is 0. The lowest BCUT2D eigenvalue weighted by Gasteiger charge is -2.13. The molecule has 0 radical (unpaired) electrons. The molecule has 2 rings (SSSR count). The molecule has 2 atom stereocenters. The van der Waals surface area contributed by atoms with Crippen LogP contribution in [0.4, 0.5) is 4.79 Å². The smallest absolute Gasteiger partial charge is 0.412 e. The largest absolute Gasteiger partial charge is 1.00 e. The minimum atomic E-state index is -0.741. The molecule has 1 aromatic heterocycles. The van der Waals surface area contributed by atoms with Crippen molar-refractivity contribution in [2.24, 2.45) is 0 Å². The number of alkyl carbamates (subject to hydrolysis) is 1. The van der Waals surface area contributed by atoms with Gasteiger partial charge in [-0.1, -0.05) is 30.3 Å². The maximum absolute atomic E-state index is 12.2. The third kappa shape index (κ3) is 9.04. The number of nitrogens with zero attached hydrogens (tertiary/aromatic N) is 1. The van der Waals surface area contributed by atoms with Crippen LogP contribution >= 0.6 is 0 Å². The number of aromatic nitrogens is 1. The van der Waals surface area contributed by atoms with Crippen molar-refractivity contribution in [3.8, 4) is 0 Å². The Morgan fingerprint density at radius 3 is 2.23 bits per heavy atom. The van der Waals surface area contributed by atoms with Gasteiger partial charge in [0, 0.05) is 18.2 Å². The van der Waals surface area contributed by atoms with Crippen LogP contribution in [0.15, 0.2) is 54.9 Å². The van der Waals surface area contributed by atoms with Gasteiger partial charge in [0.2, 0.25) is 0 Å². The van der Waals surface area contributed by atoms with Crippen LogP contribution in [-0.2, 0) is 27.4 Å². The van der Waals surface area contributed by atoms with Crippen LogP contribution in [0.3, 0.4) is 0 Å². The van der Waals surface area contributed by atoms with Crippen molar-refractivity contribution in [2.45, 2.75) is 46.0 Å². The van der Waals surface area contributed by atoms with Gasteiger partial charge >= 0.3 is 12.1 Å². The van der Waals surface area contributed by atoms with Gasteiger partial charge in [0.25, 0.3) is 12.6 Å². The highest BCUT2D eigenvalue weighted by Gasteiger charge is 2.18. The third-order valence-electron chi connectivity index (χ3n) is 4.23. The molecule has 8 nitrogen and oxygen atoms in total. The topological polar surface area (TPSA) is 97.6 Å². The van der Waals surface area contributed by atoms with Gasteiger partial charge < -0.3 is 32.5 Å². The third-order valence-corrected chi connectivity index (χ3v) is 4.23. The first kappa shape index (κ1) is 25.9. The second-order valence-corrected chi connectivity index (χ2v) is 6.84. The van der Waals surface area contributed by atoms with E-state index < -0.39 is 24.0 Å². The van der Waals surface area contributed by atoms with Gasteiger partial charge in [-0.3, -0.25) is 4.79 Å². The van der Waals surface area contributed by atoms with Crippen LogP contribution in [0.25, 0.3) is 0 Å². The number of carbonyl (C=O) groups is 3. The van der Waals surface area contributed by atoms with Crippen LogP contribution < -0.4 is 27.6 Å². The molecule has 0 fully saturated rings. The Hall–Kier alpha value is -3.13. The Morgan fingerprint density at radius 2 is 1.61 bits per heavy atom. The zero-order valence-corrected chi connectivity index (χ0v) is 18.6. The van der Waals surface area contributed by atoms with Crippen LogP contribution in [0.5, 0.6) is 0 Å². The SMILES string of the molecule is CCOC(=O)[C@H](C)NC(=O)c1cc[n+](COC(=O)N[C@@H](C)Cc2ccccc2)cc1.[Cl-]. The van der Waals surface area contributed by atoms with Gasteiger partial charge in [0.15, 0.2) is 12.4 Å². The molecule has 1 aromatic carbocycles. The maximum atomic E-state index is 12.2. The fraction of sp³-hybridized carbons (Fsp3) is 0.364. The fourth-order valence-corrected chi connectivity index (χ4v) is 2.70. The molecule has 0 unspecified atom stereocenters. The van der Waals surface area contributed by atoms with E-state index in [9.17, 15) is 14.4 Å². The number of hydrogen-bond donors (Lipinski definition) is 2. The van der Waals surface area contributed by atoms with Crippen molar-refractivity contribution in [3.63, 3.8) is 0 Å². The molecule has 0 aliphatic heterocycles. The number of hydrogen-bond acceptors (Lipinski definition) is 5. The predicted octanol–water partition coefficient (Wildman–Crippen LogP) is -1.03. The molecule has 0 saturated heterocycles. The van der Waals surface area contributed by atoms with Gasteiger partial charge in [-0.05, 0) is 32.8 Å². The lowest BCUT2D eigenvalue weighted by atomic mass is 10.1. The van der Waals surface area contributed by atoms with Gasteiger partial charge in [-0.25, -0.2) is 9.59 Å². The summed E-state index contributed by atoms with van der Waals surface area (Å²) in [6.07, 6.45) is 3.42. The summed E-state index contributed by atoms with van der Waals surface area (Å²) in [4.78, 5) is 35.8. The number of ether oxygens (including phenoxy) is 2. The van der Waals surface area contributed by atoms with Gasteiger partial charge in [-0.15, -0.1) is 0 Å². The summed E-state index contributed by atoms with van der Waals surface area (Å²) in [5.41, 5.74) is 1.51. The minimum Gasteiger partial charge on any atom is -1.00 e. The van der Waals surface area contributed by atoms with Crippen molar-refractivity contribution in [1.82, 2.24) is 10.6 Å². The average molecular weight is 450 g/mol.